The van der Waals surface area contributed by atoms with Crippen LogP contribution >= 0.6 is 0 Å². The Morgan fingerprint density at radius 3 is 2.80 bits per heavy atom. The molecule has 0 spiro atoms. The molecule has 1 aliphatic rings. The van der Waals surface area contributed by atoms with E-state index in [4.69, 9.17) is 9.47 Å². The number of pyridine rings is 1. The molecule has 2 aromatic heterocycles. The summed E-state index contributed by atoms with van der Waals surface area (Å²) < 4.78 is 11.0. The van der Waals surface area contributed by atoms with Gasteiger partial charge in [-0.1, -0.05) is 0 Å². The van der Waals surface area contributed by atoms with E-state index in [0.717, 1.165) is 33.8 Å². The number of fused-ring (bicyclic) bond motifs is 2. The highest BCUT2D eigenvalue weighted by atomic mass is 16.5. The zero-order valence-electron chi connectivity index (χ0n) is 15.8. The Labute approximate surface area is 170 Å². The SMILES string of the molecule is COc1ccc2[nH]c(-c3cccnc3)c(C=C3Oc4cc(O)cc(O)c4C3=O)c2c1. The van der Waals surface area contributed by atoms with Gasteiger partial charge in [-0.05, 0) is 36.4 Å². The Morgan fingerprint density at radius 2 is 2.03 bits per heavy atom. The average Bonchev–Trinajstić information content (AvgIpc) is 3.26. The van der Waals surface area contributed by atoms with E-state index >= 15 is 0 Å². The molecule has 7 nitrogen and oxygen atoms in total. The number of benzene rings is 2. The van der Waals surface area contributed by atoms with Crippen LogP contribution in [0.25, 0.3) is 28.2 Å². The summed E-state index contributed by atoms with van der Waals surface area (Å²) >= 11 is 0. The number of aromatic nitrogens is 2. The summed E-state index contributed by atoms with van der Waals surface area (Å²) in [5.41, 5.74) is 3.20. The third kappa shape index (κ3) is 2.76. The molecule has 0 amide bonds. The minimum absolute atomic E-state index is 0.0272. The number of Topliss-reactive ketones (excluding diaryl/α,β-unsaturated/α-hetero) is 1. The van der Waals surface area contributed by atoms with Gasteiger partial charge in [-0.2, -0.15) is 0 Å². The van der Waals surface area contributed by atoms with Crippen molar-refractivity contribution < 1.29 is 24.5 Å². The average molecular weight is 400 g/mol. The predicted molar refractivity (Wildman–Crippen MR) is 111 cm³/mol. The van der Waals surface area contributed by atoms with Gasteiger partial charge in [-0.3, -0.25) is 9.78 Å². The molecule has 4 aromatic rings. The first kappa shape index (κ1) is 17.8. The van der Waals surface area contributed by atoms with Crippen LogP contribution < -0.4 is 9.47 Å². The van der Waals surface area contributed by atoms with Crippen molar-refractivity contribution in [2.75, 3.05) is 7.11 Å². The van der Waals surface area contributed by atoms with Crippen LogP contribution in [0.4, 0.5) is 0 Å². The number of methoxy groups -OCH3 is 1. The fourth-order valence-corrected chi connectivity index (χ4v) is 3.62. The van der Waals surface area contributed by atoms with Crippen molar-refractivity contribution in [2.24, 2.45) is 0 Å². The number of ether oxygens (including phenoxy) is 2. The molecule has 0 atom stereocenters. The van der Waals surface area contributed by atoms with Gasteiger partial charge >= 0.3 is 0 Å². The van der Waals surface area contributed by atoms with Crippen molar-refractivity contribution in [3.05, 3.63) is 71.7 Å². The zero-order valence-corrected chi connectivity index (χ0v) is 15.8. The molecule has 0 saturated heterocycles. The number of carbonyl (C=O) groups is 1. The van der Waals surface area contributed by atoms with Gasteiger partial charge in [0.25, 0.3) is 0 Å². The van der Waals surface area contributed by atoms with Gasteiger partial charge in [0, 0.05) is 46.6 Å². The minimum atomic E-state index is -0.461. The van der Waals surface area contributed by atoms with Gasteiger partial charge in [0.1, 0.15) is 28.6 Å². The number of carbonyl (C=O) groups excluding carboxylic acids is 1. The third-order valence-corrected chi connectivity index (χ3v) is 5.01. The fourth-order valence-electron chi connectivity index (χ4n) is 3.62. The fraction of sp³-hybridized carbons (Fsp3) is 0.0435. The Balaban J connectivity index is 1.72. The molecule has 3 N–H and O–H groups in total. The van der Waals surface area contributed by atoms with E-state index in [-0.39, 0.29) is 28.6 Å². The number of aromatic amines is 1. The van der Waals surface area contributed by atoms with E-state index in [1.807, 2.05) is 30.3 Å². The second kappa shape index (κ2) is 6.66. The van der Waals surface area contributed by atoms with Crippen LogP contribution in [0.2, 0.25) is 0 Å². The summed E-state index contributed by atoms with van der Waals surface area (Å²) in [5, 5.41) is 20.6. The number of aromatic hydroxyl groups is 2. The lowest BCUT2D eigenvalue weighted by molar-refractivity contribution is 0.101. The zero-order chi connectivity index (χ0) is 20.8. The van der Waals surface area contributed by atoms with E-state index in [9.17, 15) is 15.0 Å². The van der Waals surface area contributed by atoms with E-state index in [2.05, 4.69) is 9.97 Å². The molecule has 3 heterocycles. The maximum absolute atomic E-state index is 12.9. The first-order valence-corrected chi connectivity index (χ1v) is 9.15. The highest BCUT2D eigenvalue weighted by molar-refractivity contribution is 6.17. The van der Waals surface area contributed by atoms with E-state index in [1.165, 1.54) is 6.07 Å². The third-order valence-electron chi connectivity index (χ3n) is 5.01. The quantitative estimate of drug-likeness (QED) is 0.444. The smallest absolute Gasteiger partial charge is 0.235 e. The number of nitrogens with zero attached hydrogens (tertiary/aromatic N) is 1. The van der Waals surface area contributed by atoms with Crippen molar-refractivity contribution in [1.29, 1.82) is 0 Å². The Hall–Kier alpha value is -4.26. The number of H-pyrrole nitrogens is 1. The summed E-state index contributed by atoms with van der Waals surface area (Å²) in [6, 6.07) is 11.8. The number of phenolic OH excluding ortho intramolecular Hbond substituents is 2. The molecule has 7 heteroatoms. The Morgan fingerprint density at radius 1 is 1.17 bits per heavy atom. The monoisotopic (exact) mass is 400 g/mol. The molecule has 5 rings (SSSR count). The highest BCUT2D eigenvalue weighted by Crippen LogP contribution is 2.42. The summed E-state index contributed by atoms with van der Waals surface area (Å²) in [6.07, 6.45) is 5.03. The molecule has 0 saturated carbocycles. The maximum Gasteiger partial charge on any atom is 0.235 e. The highest BCUT2D eigenvalue weighted by Gasteiger charge is 2.32. The Bertz CT molecular complexity index is 1340. The minimum Gasteiger partial charge on any atom is -0.508 e. The second-order valence-corrected chi connectivity index (χ2v) is 6.84. The summed E-state index contributed by atoms with van der Waals surface area (Å²) in [7, 11) is 1.59. The molecule has 0 fully saturated rings. The molecule has 2 aromatic carbocycles. The number of hydrogen-bond donors (Lipinski definition) is 3. The number of phenols is 2. The van der Waals surface area contributed by atoms with Gasteiger partial charge in [-0.25, -0.2) is 0 Å². The van der Waals surface area contributed by atoms with Crippen molar-refractivity contribution in [1.82, 2.24) is 9.97 Å². The van der Waals surface area contributed by atoms with E-state index < -0.39 is 5.78 Å². The number of ketones is 1. The van der Waals surface area contributed by atoms with Crippen LogP contribution in [-0.2, 0) is 0 Å². The molecule has 0 unspecified atom stereocenters. The van der Waals surface area contributed by atoms with Gasteiger partial charge in [0.05, 0.1) is 12.8 Å². The van der Waals surface area contributed by atoms with Crippen LogP contribution in [0.3, 0.4) is 0 Å². The van der Waals surface area contributed by atoms with Crippen molar-refractivity contribution in [3.8, 4) is 34.3 Å². The number of rotatable bonds is 3. The molecular formula is C23H16N2O5. The summed E-state index contributed by atoms with van der Waals surface area (Å²) in [6.45, 7) is 0. The standard InChI is InChI=1S/C23H16N2O5/c1-29-14-4-5-17-15(9-14)16(22(25-17)12-3-2-6-24-11-12)10-20-23(28)21-18(27)7-13(26)8-19(21)30-20/h2-11,25-27H,1H3. The summed E-state index contributed by atoms with van der Waals surface area (Å²) in [4.78, 5) is 20.4. The van der Waals surface area contributed by atoms with E-state index in [1.54, 1.807) is 25.6 Å². The normalized spacial score (nSPS) is 14.2. The lowest BCUT2D eigenvalue weighted by Crippen LogP contribution is -1.98. The van der Waals surface area contributed by atoms with Crippen molar-refractivity contribution >= 4 is 22.8 Å². The molecule has 0 radical (unpaired) electrons. The number of nitrogens with one attached hydrogen (secondary N) is 1. The molecular weight excluding hydrogens is 384 g/mol. The van der Waals surface area contributed by atoms with Crippen LogP contribution in [0.1, 0.15) is 15.9 Å². The van der Waals surface area contributed by atoms with Gasteiger partial charge in [0.15, 0.2) is 5.76 Å². The first-order valence-electron chi connectivity index (χ1n) is 9.15. The largest absolute Gasteiger partial charge is 0.508 e. The predicted octanol–water partition coefficient (Wildman–Crippen LogP) is 4.27. The van der Waals surface area contributed by atoms with Gasteiger partial charge in [-0.15, -0.1) is 0 Å². The lowest BCUT2D eigenvalue weighted by atomic mass is 10.0. The lowest BCUT2D eigenvalue weighted by Gasteiger charge is -2.03. The molecule has 30 heavy (non-hydrogen) atoms. The van der Waals surface area contributed by atoms with Gasteiger partial charge in [0.2, 0.25) is 5.78 Å². The van der Waals surface area contributed by atoms with E-state index in [0.29, 0.717) is 5.75 Å². The van der Waals surface area contributed by atoms with Crippen LogP contribution in [0.15, 0.2) is 60.6 Å². The second-order valence-electron chi connectivity index (χ2n) is 6.84. The van der Waals surface area contributed by atoms with Crippen molar-refractivity contribution in [2.45, 2.75) is 0 Å². The first-order chi connectivity index (χ1) is 14.5. The summed E-state index contributed by atoms with van der Waals surface area (Å²) in [5.74, 6) is -0.149. The molecule has 148 valence electrons. The van der Waals surface area contributed by atoms with Crippen LogP contribution in [0.5, 0.6) is 23.0 Å². The van der Waals surface area contributed by atoms with Crippen molar-refractivity contribution in [3.63, 3.8) is 0 Å². The number of allylic oxidation sites excluding steroid dienone is 1. The topological polar surface area (TPSA) is 105 Å². The van der Waals surface area contributed by atoms with Crippen LogP contribution in [-0.4, -0.2) is 33.1 Å². The molecule has 0 aliphatic carbocycles. The molecule has 1 aliphatic heterocycles. The van der Waals surface area contributed by atoms with Gasteiger partial charge < -0.3 is 24.7 Å². The molecule has 0 bridgehead atoms. The maximum atomic E-state index is 12.9. The number of hydrogen-bond acceptors (Lipinski definition) is 6. The Kier molecular flexibility index (Phi) is 3.96. The van der Waals surface area contributed by atoms with Crippen LogP contribution in [0, 0.1) is 0 Å².